The van der Waals surface area contributed by atoms with Crippen molar-refractivity contribution < 1.29 is 14.5 Å². The fourth-order valence-electron chi connectivity index (χ4n) is 2.52. The molecule has 3 rings (SSSR count). The summed E-state index contributed by atoms with van der Waals surface area (Å²) in [6.07, 6.45) is 3.00. The lowest BCUT2D eigenvalue weighted by Gasteiger charge is -2.07. The van der Waals surface area contributed by atoms with Crippen LogP contribution in [0.2, 0.25) is 5.02 Å². The minimum atomic E-state index is -0.615. The largest absolute Gasteiger partial charge is 0.489 e. The molecule has 0 fully saturated rings. The van der Waals surface area contributed by atoms with Crippen molar-refractivity contribution in [3.8, 4) is 5.75 Å². The van der Waals surface area contributed by atoms with Gasteiger partial charge in [0.2, 0.25) is 0 Å². The number of ketones is 1. The third-order valence-corrected chi connectivity index (χ3v) is 4.28. The smallest absolute Gasteiger partial charge is 0.288 e. The van der Waals surface area contributed by atoms with E-state index in [1.54, 1.807) is 6.08 Å². The molecule has 5 nitrogen and oxygen atoms in total. The summed E-state index contributed by atoms with van der Waals surface area (Å²) in [5.41, 5.74) is 1.74. The Balaban J connectivity index is 1.69. The van der Waals surface area contributed by atoms with Gasteiger partial charge in [0.15, 0.2) is 5.78 Å². The van der Waals surface area contributed by atoms with Crippen molar-refractivity contribution in [1.82, 2.24) is 0 Å². The van der Waals surface area contributed by atoms with Gasteiger partial charge >= 0.3 is 0 Å². The topological polar surface area (TPSA) is 69.4 Å². The third kappa shape index (κ3) is 5.05. The van der Waals surface area contributed by atoms with E-state index in [1.807, 2.05) is 54.6 Å². The Labute approximate surface area is 167 Å². The number of hydrogen-bond donors (Lipinski definition) is 0. The van der Waals surface area contributed by atoms with Crippen LogP contribution in [0.25, 0.3) is 6.08 Å². The van der Waals surface area contributed by atoms with Gasteiger partial charge in [-0.25, -0.2) is 0 Å². The molecule has 0 saturated carbocycles. The monoisotopic (exact) mass is 393 g/mol. The molecule has 0 aliphatic carbocycles. The molecule has 28 heavy (non-hydrogen) atoms. The number of ether oxygens (including phenoxy) is 1. The van der Waals surface area contributed by atoms with E-state index < -0.39 is 4.92 Å². The Morgan fingerprint density at radius 3 is 2.57 bits per heavy atom. The normalized spacial score (nSPS) is 10.8. The molecule has 6 heteroatoms. The Morgan fingerprint density at radius 2 is 1.82 bits per heavy atom. The number of rotatable bonds is 7. The van der Waals surface area contributed by atoms with Crippen molar-refractivity contribution >= 4 is 29.1 Å². The number of nitrogens with zero attached hydrogens (tertiary/aromatic N) is 1. The first-order valence-electron chi connectivity index (χ1n) is 8.46. The van der Waals surface area contributed by atoms with Crippen LogP contribution in [0.1, 0.15) is 21.5 Å². The highest BCUT2D eigenvalue weighted by Gasteiger charge is 2.15. The Hall–Kier alpha value is -3.44. The second kappa shape index (κ2) is 8.97. The Bertz CT molecular complexity index is 1030. The van der Waals surface area contributed by atoms with Gasteiger partial charge in [0.25, 0.3) is 5.69 Å². The van der Waals surface area contributed by atoms with E-state index in [-0.39, 0.29) is 22.1 Å². The molecule has 3 aromatic rings. The predicted molar refractivity (Wildman–Crippen MR) is 109 cm³/mol. The number of benzene rings is 3. The summed E-state index contributed by atoms with van der Waals surface area (Å²) in [6, 6.07) is 21.1. The van der Waals surface area contributed by atoms with Crippen molar-refractivity contribution in [2.75, 3.05) is 0 Å². The van der Waals surface area contributed by atoms with Gasteiger partial charge in [-0.2, -0.15) is 0 Å². The van der Waals surface area contributed by atoms with E-state index in [0.29, 0.717) is 12.4 Å². The molecule has 0 aliphatic heterocycles. The van der Waals surface area contributed by atoms with Gasteiger partial charge in [0.1, 0.15) is 17.4 Å². The van der Waals surface area contributed by atoms with Crippen LogP contribution < -0.4 is 4.74 Å². The van der Waals surface area contributed by atoms with Gasteiger partial charge in [-0.1, -0.05) is 60.1 Å². The van der Waals surface area contributed by atoms with Crippen molar-refractivity contribution in [1.29, 1.82) is 0 Å². The van der Waals surface area contributed by atoms with Crippen LogP contribution in [0.3, 0.4) is 0 Å². The Morgan fingerprint density at radius 1 is 1.04 bits per heavy atom. The van der Waals surface area contributed by atoms with Gasteiger partial charge in [0.05, 0.1) is 4.92 Å². The lowest BCUT2D eigenvalue weighted by Crippen LogP contribution is -1.97. The molecule has 0 heterocycles. The second-order valence-electron chi connectivity index (χ2n) is 5.97. The molecule has 0 bridgehead atoms. The van der Waals surface area contributed by atoms with Gasteiger partial charge in [-0.3, -0.25) is 14.9 Å². The number of nitro groups is 1. The number of halogens is 1. The number of nitro benzene ring substituents is 1. The van der Waals surface area contributed by atoms with E-state index in [2.05, 4.69) is 0 Å². The summed E-state index contributed by atoms with van der Waals surface area (Å²) in [5.74, 6) is 0.330. The first kappa shape index (κ1) is 19.3. The van der Waals surface area contributed by atoms with Crippen molar-refractivity contribution in [2.45, 2.75) is 6.61 Å². The summed E-state index contributed by atoms with van der Waals surface area (Å²) in [5, 5.41) is 10.9. The van der Waals surface area contributed by atoms with Crippen LogP contribution in [0.4, 0.5) is 5.69 Å². The number of carbonyl (C=O) groups is 1. The average Bonchev–Trinajstić information content (AvgIpc) is 2.71. The fraction of sp³-hybridized carbons (Fsp3) is 0.0455. The zero-order valence-corrected chi connectivity index (χ0v) is 15.5. The van der Waals surface area contributed by atoms with E-state index in [9.17, 15) is 14.9 Å². The lowest BCUT2D eigenvalue weighted by molar-refractivity contribution is -0.384. The highest BCUT2D eigenvalue weighted by molar-refractivity contribution is 6.32. The zero-order valence-electron chi connectivity index (χ0n) is 14.7. The SMILES string of the molecule is O=C(C=Cc1cccc(OCc2ccccc2)c1)c1ccc(Cl)c([N+](=O)[O-])c1. The molecule has 0 atom stereocenters. The minimum absolute atomic E-state index is 0.00574. The van der Waals surface area contributed by atoms with Crippen LogP contribution in [0.15, 0.2) is 78.9 Å². The predicted octanol–water partition coefficient (Wildman–Crippen LogP) is 5.72. The number of carbonyl (C=O) groups excluding carboxylic acids is 1. The first-order chi connectivity index (χ1) is 13.5. The maximum Gasteiger partial charge on any atom is 0.288 e. The van der Waals surface area contributed by atoms with Crippen molar-refractivity contribution in [3.05, 3.63) is 111 Å². The Kier molecular flexibility index (Phi) is 6.19. The van der Waals surface area contributed by atoms with Gasteiger partial charge in [-0.05, 0) is 41.5 Å². The van der Waals surface area contributed by atoms with Crippen molar-refractivity contribution in [3.63, 3.8) is 0 Å². The van der Waals surface area contributed by atoms with E-state index in [1.165, 1.54) is 24.3 Å². The molecule has 0 saturated heterocycles. The summed E-state index contributed by atoms with van der Waals surface area (Å²) in [7, 11) is 0. The lowest BCUT2D eigenvalue weighted by atomic mass is 10.1. The van der Waals surface area contributed by atoms with Gasteiger partial charge in [0, 0.05) is 11.6 Å². The molecule has 3 aromatic carbocycles. The van der Waals surface area contributed by atoms with Gasteiger partial charge < -0.3 is 4.74 Å². The molecule has 0 spiro atoms. The van der Waals surface area contributed by atoms with Crippen molar-refractivity contribution in [2.24, 2.45) is 0 Å². The molecule has 0 radical (unpaired) electrons. The molecule has 0 aliphatic rings. The summed E-state index contributed by atoms with van der Waals surface area (Å²) in [6.45, 7) is 0.446. The highest BCUT2D eigenvalue weighted by Crippen LogP contribution is 2.25. The van der Waals surface area contributed by atoms with Crippen LogP contribution in [0.5, 0.6) is 5.75 Å². The molecular weight excluding hydrogens is 378 g/mol. The number of allylic oxidation sites excluding steroid dienone is 1. The average molecular weight is 394 g/mol. The maximum absolute atomic E-state index is 12.3. The van der Waals surface area contributed by atoms with E-state index in [0.717, 1.165) is 11.1 Å². The molecule has 0 amide bonds. The minimum Gasteiger partial charge on any atom is -0.489 e. The highest BCUT2D eigenvalue weighted by atomic mass is 35.5. The first-order valence-corrected chi connectivity index (χ1v) is 8.84. The molecular formula is C22H16ClNO4. The summed E-state index contributed by atoms with van der Waals surface area (Å²) >= 11 is 5.78. The molecule has 0 aromatic heterocycles. The zero-order chi connectivity index (χ0) is 19.9. The third-order valence-electron chi connectivity index (χ3n) is 3.96. The van der Waals surface area contributed by atoms with Gasteiger partial charge in [-0.15, -0.1) is 0 Å². The molecule has 140 valence electrons. The second-order valence-corrected chi connectivity index (χ2v) is 6.37. The molecule has 0 unspecified atom stereocenters. The summed E-state index contributed by atoms with van der Waals surface area (Å²) in [4.78, 5) is 22.7. The van der Waals surface area contributed by atoms with E-state index >= 15 is 0 Å². The summed E-state index contributed by atoms with van der Waals surface area (Å²) < 4.78 is 5.77. The maximum atomic E-state index is 12.3. The number of hydrogen-bond acceptors (Lipinski definition) is 4. The quantitative estimate of drug-likeness (QED) is 0.222. The fourth-order valence-corrected chi connectivity index (χ4v) is 2.71. The van der Waals surface area contributed by atoms with Crippen LogP contribution in [0, 0.1) is 10.1 Å². The van der Waals surface area contributed by atoms with E-state index in [4.69, 9.17) is 16.3 Å². The standard InChI is InChI=1S/C22H16ClNO4/c23-20-11-10-18(14-21(20)24(26)27)22(25)12-9-16-7-4-8-19(13-16)28-15-17-5-2-1-3-6-17/h1-14H,15H2. The van der Waals surface area contributed by atoms with Crippen LogP contribution in [-0.2, 0) is 6.61 Å². The van der Waals surface area contributed by atoms with Crippen LogP contribution >= 0.6 is 11.6 Å². The molecule has 0 N–H and O–H groups in total. The van der Waals surface area contributed by atoms with Crippen LogP contribution in [-0.4, -0.2) is 10.7 Å².